The zero-order valence-corrected chi connectivity index (χ0v) is 16.7. The molecule has 3 aromatic rings. The first-order chi connectivity index (χ1) is 13.5. The maximum atomic E-state index is 12.2. The van der Waals surface area contributed by atoms with E-state index in [1.54, 1.807) is 48.9 Å². The highest BCUT2D eigenvalue weighted by Gasteiger charge is 2.19. The Bertz CT molecular complexity index is 1000. The molecule has 1 aromatic heterocycles. The molecule has 3 rings (SSSR count). The molecule has 0 fully saturated rings. The van der Waals surface area contributed by atoms with E-state index in [0.717, 1.165) is 0 Å². The summed E-state index contributed by atoms with van der Waals surface area (Å²) >= 11 is 7.06. The lowest BCUT2D eigenvalue weighted by Crippen LogP contribution is -2.14. The van der Waals surface area contributed by atoms with Crippen LogP contribution in [0.25, 0.3) is 10.6 Å². The van der Waals surface area contributed by atoms with Gasteiger partial charge in [-0.3, -0.25) is 4.79 Å². The van der Waals surface area contributed by atoms with E-state index in [1.807, 2.05) is 6.07 Å². The van der Waals surface area contributed by atoms with E-state index in [-0.39, 0.29) is 18.1 Å². The number of hydrogen-bond donors (Lipinski definition) is 0. The predicted molar refractivity (Wildman–Crippen MR) is 107 cm³/mol. The minimum absolute atomic E-state index is 0.119. The molecular weight excluding hydrogens is 402 g/mol. The van der Waals surface area contributed by atoms with Gasteiger partial charge in [0.2, 0.25) is 0 Å². The smallest absolute Gasteiger partial charge is 0.358 e. The summed E-state index contributed by atoms with van der Waals surface area (Å²) in [5, 5.41) is 2.67. The zero-order valence-electron chi connectivity index (χ0n) is 15.1. The van der Waals surface area contributed by atoms with E-state index >= 15 is 0 Å². The number of nitrogens with zero attached hydrogens (tertiary/aromatic N) is 1. The van der Waals surface area contributed by atoms with E-state index in [2.05, 4.69) is 4.98 Å². The van der Waals surface area contributed by atoms with Crippen LogP contribution in [-0.4, -0.2) is 37.6 Å². The van der Waals surface area contributed by atoms with Gasteiger partial charge in [-0.05, 0) is 36.4 Å². The summed E-state index contributed by atoms with van der Waals surface area (Å²) < 4.78 is 15.8. The molecular formula is C20H16ClNO5S. The van der Waals surface area contributed by atoms with Crippen molar-refractivity contribution in [1.29, 1.82) is 0 Å². The van der Waals surface area contributed by atoms with Crippen molar-refractivity contribution in [1.82, 2.24) is 4.98 Å². The molecule has 0 aliphatic heterocycles. The van der Waals surface area contributed by atoms with Gasteiger partial charge in [-0.15, -0.1) is 11.3 Å². The van der Waals surface area contributed by atoms with Crippen LogP contribution in [0, 0.1) is 0 Å². The van der Waals surface area contributed by atoms with Crippen LogP contribution in [-0.2, 0) is 4.74 Å². The fraction of sp³-hybridized carbons (Fsp3) is 0.150. The van der Waals surface area contributed by atoms with Gasteiger partial charge in [0.15, 0.2) is 29.6 Å². The van der Waals surface area contributed by atoms with E-state index in [0.29, 0.717) is 32.7 Å². The van der Waals surface area contributed by atoms with Crippen LogP contribution in [0.3, 0.4) is 0 Å². The Kier molecular flexibility index (Phi) is 6.28. The first-order valence-electron chi connectivity index (χ1n) is 8.16. The number of carbonyl (C=O) groups excluding carboxylic acids is 2. The zero-order chi connectivity index (χ0) is 20.1. The Morgan fingerprint density at radius 3 is 2.50 bits per heavy atom. The van der Waals surface area contributed by atoms with Crippen molar-refractivity contribution in [2.75, 3.05) is 20.8 Å². The highest BCUT2D eigenvalue weighted by atomic mass is 35.5. The summed E-state index contributed by atoms with van der Waals surface area (Å²) in [6.45, 7) is -0.379. The van der Waals surface area contributed by atoms with Crippen LogP contribution in [0.4, 0.5) is 0 Å². The molecule has 0 bridgehead atoms. The number of thiazole rings is 1. The predicted octanol–water partition coefficient (Wildman–Crippen LogP) is 4.52. The maximum absolute atomic E-state index is 12.2. The molecule has 0 unspecified atom stereocenters. The van der Waals surface area contributed by atoms with Crippen LogP contribution < -0.4 is 9.47 Å². The van der Waals surface area contributed by atoms with Gasteiger partial charge in [0, 0.05) is 16.0 Å². The average molecular weight is 418 g/mol. The van der Waals surface area contributed by atoms with Crippen molar-refractivity contribution in [2.45, 2.75) is 0 Å². The number of methoxy groups -OCH3 is 2. The molecule has 2 aromatic carbocycles. The molecule has 0 amide bonds. The minimum atomic E-state index is -0.674. The van der Waals surface area contributed by atoms with Gasteiger partial charge in [-0.25, -0.2) is 9.78 Å². The number of hydrogen-bond acceptors (Lipinski definition) is 7. The van der Waals surface area contributed by atoms with Gasteiger partial charge >= 0.3 is 5.97 Å². The Balaban J connectivity index is 1.71. The quantitative estimate of drug-likeness (QED) is 0.415. The number of halogens is 1. The average Bonchev–Trinajstić information content (AvgIpc) is 3.21. The van der Waals surface area contributed by atoms with Gasteiger partial charge in [-0.1, -0.05) is 17.7 Å². The summed E-state index contributed by atoms with van der Waals surface area (Å²) in [5.74, 6) is 0.0895. The number of carbonyl (C=O) groups is 2. The van der Waals surface area contributed by atoms with Crippen molar-refractivity contribution in [3.8, 4) is 22.1 Å². The third kappa shape index (κ3) is 4.32. The molecule has 0 N–H and O–H groups in total. The van der Waals surface area contributed by atoms with Gasteiger partial charge in [0.05, 0.1) is 19.8 Å². The van der Waals surface area contributed by atoms with E-state index in [1.165, 1.54) is 18.4 Å². The lowest BCUT2D eigenvalue weighted by Gasteiger charge is -2.10. The van der Waals surface area contributed by atoms with Crippen LogP contribution in [0.5, 0.6) is 11.5 Å². The van der Waals surface area contributed by atoms with Crippen LogP contribution in [0.15, 0.2) is 47.8 Å². The number of rotatable bonds is 7. The van der Waals surface area contributed by atoms with E-state index in [9.17, 15) is 9.59 Å². The monoisotopic (exact) mass is 417 g/mol. The normalized spacial score (nSPS) is 10.4. The van der Waals surface area contributed by atoms with Crippen LogP contribution in [0.2, 0.25) is 5.02 Å². The van der Waals surface area contributed by atoms with E-state index in [4.69, 9.17) is 25.8 Å². The summed E-state index contributed by atoms with van der Waals surface area (Å²) in [5.41, 5.74) is 1.23. The Labute approximate surface area is 170 Å². The van der Waals surface area contributed by atoms with Gasteiger partial charge in [-0.2, -0.15) is 0 Å². The number of para-hydroxylation sites is 1. The molecule has 0 spiro atoms. The number of benzene rings is 2. The molecule has 8 heteroatoms. The molecule has 0 radical (unpaired) electrons. The molecule has 0 atom stereocenters. The molecule has 28 heavy (non-hydrogen) atoms. The third-order valence-electron chi connectivity index (χ3n) is 3.85. The van der Waals surface area contributed by atoms with Crippen LogP contribution >= 0.6 is 22.9 Å². The highest BCUT2D eigenvalue weighted by molar-refractivity contribution is 7.13. The lowest BCUT2D eigenvalue weighted by atomic mass is 10.1. The highest BCUT2D eigenvalue weighted by Crippen LogP contribution is 2.39. The van der Waals surface area contributed by atoms with Crippen LogP contribution in [0.1, 0.15) is 20.8 Å². The van der Waals surface area contributed by atoms with Gasteiger partial charge in [0.1, 0.15) is 5.01 Å². The SMILES string of the molecule is COc1cccc(-c2nc(C(=O)OCC(=O)c3ccc(Cl)cc3)cs2)c1OC. The largest absolute Gasteiger partial charge is 0.493 e. The second-order valence-corrected chi connectivity index (χ2v) is 6.88. The maximum Gasteiger partial charge on any atom is 0.358 e. The summed E-state index contributed by atoms with van der Waals surface area (Å²) in [7, 11) is 3.08. The fourth-order valence-corrected chi connectivity index (χ4v) is 3.41. The number of ether oxygens (including phenoxy) is 3. The lowest BCUT2D eigenvalue weighted by molar-refractivity contribution is 0.0470. The number of aromatic nitrogens is 1. The topological polar surface area (TPSA) is 74.7 Å². The summed E-state index contributed by atoms with van der Waals surface area (Å²) in [6.07, 6.45) is 0. The molecule has 0 saturated heterocycles. The Morgan fingerprint density at radius 2 is 1.82 bits per heavy atom. The molecule has 144 valence electrons. The van der Waals surface area contributed by atoms with Gasteiger partial charge in [0.25, 0.3) is 0 Å². The first kappa shape index (κ1) is 19.9. The molecule has 0 saturated carbocycles. The first-order valence-corrected chi connectivity index (χ1v) is 9.42. The van der Waals surface area contributed by atoms with E-state index < -0.39 is 5.97 Å². The van der Waals surface area contributed by atoms with Crippen molar-refractivity contribution in [3.63, 3.8) is 0 Å². The fourth-order valence-electron chi connectivity index (χ4n) is 2.47. The molecule has 0 aliphatic rings. The Morgan fingerprint density at radius 1 is 1.07 bits per heavy atom. The molecule has 0 aliphatic carbocycles. The third-order valence-corrected chi connectivity index (χ3v) is 4.97. The molecule has 6 nitrogen and oxygen atoms in total. The van der Waals surface area contributed by atoms with Crippen molar-refractivity contribution < 1.29 is 23.8 Å². The number of ketones is 1. The van der Waals surface area contributed by atoms with Crippen molar-refractivity contribution >= 4 is 34.7 Å². The minimum Gasteiger partial charge on any atom is -0.493 e. The van der Waals surface area contributed by atoms with Crippen molar-refractivity contribution in [3.05, 3.63) is 64.1 Å². The van der Waals surface area contributed by atoms with Gasteiger partial charge < -0.3 is 14.2 Å². The Hall–Kier alpha value is -2.90. The second kappa shape index (κ2) is 8.86. The summed E-state index contributed by atoms with van der Waals surface area (Å²) in [4.78, 5) is 28.7. The number of Topliss-reactive ketones (excluding diaryl/α,β-unsaturated/α-hetero) is 1. The van der Waals surface area contributed by atoms with Crippen molar-refractivity contribution in [2.24, 2.45) is 0 Å². The second-order valence-electron chi connectivity index (χ2n) is 5.59. The summed E-state index contributed by atoms with van der Waals surface area (Å²) in [6, 6.07) is 11.8. The standard InChI is InChI=1S/C20H16ClNO5S/c1-25-17-5-3-4-14(18(17)26-2)19-22-15(11-28-19)20(24)27-10-16(23)12-6-8-13(21)9-7-12/h3-9,11H,10H2,1-2H3. The molecule has 1 heterocycles. The number of esters is 1.